The van der Waals surface area contributed by atoms with E-state index in [1.54, 1.807) is 13.2 Å². The van der Waals surface area contributed by atoms with Crippen LogP contribution in [0.15, 0.2) is 12.1 Å². The summed E-state index contributed by atoms with van der Waals surface area (Å²) in [4.78, 5) is 0. The predicted octanol–water partition coefficient (Wildman–Crippen LogP) is 2.27. The molecule has 0 aliphatic carbocycles. The lowest BCUT2D eigenvalue weighted by atomic mass is 10.0. The Hall–Kier alpha value is -1.29. The molecule has 88 valence electrons. The van der Waals surface area contributed by atoms with Gasteiger partial charge in [0, 0.05) is 17.7 Å². The van der Waals surface area contributed by atoms with Gasteiger partial charge in [0.25, 0.3) is 0 Å². The molecule has 16 heavy (non-hydrogen) atoms. The molecule has 1 aliphatic rings. The quantitative estimate of drug-likeness (QED) is 0.856. The molecular formula is C12H16FNO2. The molecule has 1 N–H and O–H groups in total. The molecule has 1 unspecified atom stereocenters. The van der Waals surface area contributed by atoms with Gasteiger partial charge in [0.05, 0.1) is 14.2 Å². The zero-order valence-corrected chi connectivity index (χ0v) is 9.55. The summed E-state index contributed by atoms with van der Waals surface area (Å²) in [6, 6.07) is 3.20. The van der Waals surface area contributed by atoms with Crippen LogP contribution >= 0.6 is 0 Å². The molecule has 1 fully saturated rings. The van der Waals surface area contributed by atoms with Gasteiger partial charge in [0.2, 0.25) is 0 Å². The van der Waals surface area contributed by atoms with E-state index < -0.39 is 0 Å². The Morgan fingerprint density at radius 1 is 1.25 bits per heavy atom. The molecular weight excluding hydrogens is 209 g/mol. The van der Waals surface area contributed by atoms with Gasteiger partial charge >= 0.3 is 0 Å². The molecule has 0 bridgehead atoms. The SMILES string of the molecule is COc1cc(F)c(C2CCCN2)cc1OC. The summed E-state index contributed by atoms with van der Waals surface area (Å²) in [5.74, 6) is 0.770. The average Bonchev–Trinajstić information content (AvgIpc) is 2.82. The third-order valence-electron chi connectivity index (χ3n) is 2.94. The van der Waals surface area contributed by atoms with Crippen LogP contribution in [0.1, 0.15) is 24.4 Å². The van der Waals surface area contributed by atoms with E-state index in [9.17, 15) is 4.39 Å². The third-order valence-corrected chi connectivity index (χ3v) is 2.94. The van der Waals surface area contributed by atoms with Crippen molar-refractivity contribution in [3.05, 3.63) is 23.5 Å². The highest BCUT2D eigenvalue weighted by atomic mass is 19.1. The highest BCUT2D eigenvalue weighted by Gasteiger charge is 2.21. The van der Waals surface area contributed by atoms with Crippen LogP contribution in [-0.2, 0) is 0 Å². The van der Waals surface area contributed by atoms with Gasteiger partial charge in [0.15, 0.2) is 11.5 Å². The Morgan fingerprint density at radius 2 is 1.94 bits per heavy atom. The van der Waals surface area contributed by atoms with Crippen LogP contribution in [0.25, 0.3) is 0 Å². The van der Waals surface area contributed by atoms with E-state index >= 15 is 0 Å². The molecule has 0 spiro atoms. The highest BCUT2D eigenvalue weighted by molar-refractivity contribution is 5.44. The molecule has 0 radical (unpaired) electrons. The van der Waals surface area contributed by atoms with Crippen LogP contribution in [0.5, 0.6) is 11.5 Å². The van der Waals surface area contributed by atoms with E-state index in [0.29, 0.717) is 17.1 Å². The van der Waals surface area contributed by atoms with Gasteiger partial charge in [-0.15, -0.1) is 0 Å². The molecule has 4 heteroatoms. The van der Waals surface area contributed by atoms with Crippen LogP contribution in [0.4, 0.5) is 4.39 Å². The first-order valence-electron chi connectivity index (χ1n) is 5.41. The minimum absolute atomic E-state index is 0.0970. The molecule has 1 aliphatic heterocycles. The number of ether oxygens (including phenoxy) is 2. The van der Waals surface area contributed by atoms with Gasteiger partial charge in [-0.05, 0) is 25.5 Å². The highest BCUT2D eigenvalue weighted by Crippen LogP contribution is 2.34. The van der Waals surface area contributed by atoms with Gasteiger partial charge in [-0.3, -0.25) is 0 Å². The van der Waals surface area contributed by atoms with E-state index in [0.717, 1.165) is 19.4 Å². The predicted molar refractivity (Wildman–Crippen MR) is 59.5 cm³/mol. The summed E-state index contributed by atoms with van der Waals surface area (Å²) in [5, 5.41) is 3.27. The minimum Gasteiger partial charge on any atom is -0.493 e. The molecule has 1 saturated heterocycles. The smallest absolute Gasteiger partial charge is 0.163 e. The number of halogens is 1. The number of methoxy groups -OCH3 is 2. The largest absolute Gasteiger partial charge is 0.493 e. The Balaban J connectivity index is 2.37. The fourth-order valence-electron chi connectivity index (χ4n) is 2.09. The molecule has 0 aromatic heterocycles. The van der Waals surface area contributed by atoms with Crippen molar-refractivity contribution >= 4 is 0 Å². The lowest BCUT2D eigenvalue weighted by Crippen LogP contribution is -2.14. The first-order chi connectivity index (χ1) is 7.76. The number of rotatable bonds is 3. The minimum atomic E-state index is -0.239. The Kier molecular flexibility index (Phi) is 3.29. The number of nitrogens with one attached hydrogen (secondary N) is 1. The standard InChI is InChI=1S/C12H16FNO2/c1-15-11-6-8(10-4-3-5-14-10)9(13)7-12(11)16-2/h6-7,10,14H,3-5H2,1-2H3. The molecule has 1 heterocycles. The number of hydrogen-bond donors (Lipinski definition) is 1. The van der Waals surface area contributed by atoms with Crippen LogP contribution in [0, 0.1) is 5.82 Å². The normalized spacial score (nSPS) is 19.8. The van der Waals surface area contributed by atoms with Crippen molar-refractivity contribution in [3.63, 3.8) is 0 Å². The summed E-state index contributed by atoms with van der Waals surface area (Å²) in [6.07, 6.45) is 2.05. The molecule has 1 aromatic carbocycles. The summed E-state index contributed by atoms with van der Waals surface area (Å²) in [7, 11) is 3.06. The maximum absolute atomic E-state index is 13.8. The zero-order valence-electron chi connectivity index (χ0n) is 9.55. The second-order valence-electron chi connectivity index (χ2n) is 3.88. The lowest BCUT2D eigenvalue weighted by molar-refractivity contribution is 0.350. The lowest BCUT2D eigenvalue weighted by Gasteiger charge is -2.15. The van der Waals surface area contributed by atoms with Crippen LogP contribution in [0.2, 0.25) is 0 Å². The van der Waals surface area contributed by atoms with E-state index in [2.05, 4.69) is 5.32 Å². The van der Waals surface area contributed by atoms with Crippen molar-refractivity contribution in [2.45, 2.75) is 18.9 Å². The van der Waals surface area contributed by atoms with Crippen LogP contribution in [-0.4, -0.2) is 20.8 Å². The summed E-state index contributed by atoms with van der Waals surface area (Å²) >= 11 is 0. The molecule has 2 rings (SSSR count). The summed E-state index contributed by atoms with van der Waals surface area (Å²) in [6.45, 7) is 0.943. The fourth-order valence-corrected chi connectivity index (χ4v) is 2.09. The van der Waals surface area contributed by atoms with Gasteiger partial charge in [-0.1, -0.05) is 0 Å². The van der Waals surface area contributed by atoms with Gasteiger partial charge in [-0.25, -0.2) is 4.39 Å². The van der Waals surface area contributed by atoms with Crippen molar-refractivity contribution in [2.75, 3.05) is 20.8 Å². The first kappa shape index (κ1) is 11.2. The van der Waals surface area contributed by atoms with E-state index in [1.807, 2.05) is 0 Å². The van der Waals surface area contributed by atoms with Gasteiger partial charge in [-0.2, -0.15) is 0 Å². The molecule has 0 amide bonds. The van der Waals surface area contributed by atoms with Crippen molar-refractivity contribution < 1.29 is 13.9 Å². The van der Waals surface area contributed by atoms with Crippen molar-refractivity contribution in [3.8, 4) is 11.5 Å². The summed E-state index contributed by atoms with van der Waals surface area (Å²) in [5.41, 5.74) is 0.662. The second kappa shape index (κ2) is 4.70. The van der Waals surface area contributed by atoms with E-state index in [-0.39, 0.29) is 11.9 Å². The van der Waals surface area contributed by atoms with E-state index in [1.165, 1.54) is 13.2 Å². The molecule has 0 saturated carbocycles. The Bertz CT molecular complexity index is 376. The van der Waals surface area contributed by atoms with Crippen molar-refractivity contribution in [1.82, 2.24) is 5.32 Å². The van der Waals surface area contributed by atoms with Crippen LogP contribution < -0.4 is 14.8 Å². The summed E-state index contributed by atoms with van der Waals surface area (Å²) < 4.78 is 24.1. The number of benzene rings is 1. The Labute approximate surface area is 94.6 Å². The zero-order chi connectivity index (χ0) is 11.5. The van der Waals surface area contributed by atoms with E-state index in [4.69, 9.17) is 9.47 Å². The fraction of sp³-hybridized carbons (Fsp3) is 0.500. The van der Waals surface area contributed by atoms with Crippen molar-refractivity contribution in [2.24, 2.45) is 0 Å². The Morgan fingerprint density at radius 3 is 2.50 bits per heavy atom. The van der Waals surface area contributed by atoms with Gasteiger partial charge < -0.3 is 14.8 Å². The second-order valence-corrected chi connectivity index (χ2v) is 3.88. The molecule has 1 aromatic rings. The first-order valence-corrected chi connectivity index (χ1v) is 5.41. The topological polar surface area (TPSA) is 30.5 Å². The monoisotopic (exact) mass is 225 g/mol. The molecule has 1 atom stereocenters. The maximum Gasteiger partial charge on any atom is 0.163 e. The van der Waals surface area contributed by atoms with Crippen molar-refractivity contribution in [1.29, 1.82) is 0 Å². The van der Waals surface area contributed by atoms with Crippen LogP contribution in [0.3, 0.4) is 0 Å². The maximum atomic E-state index is 13.8. The molecule has 3 nitrogen and oxygen atoms in total. The van der Waals surface area contributed by atoms with Gasteiger partial charge in [0.1, 0.15) is 5.82 Å². The average molecular weight is 225 g/mol. The number of hydrogen-bond acceptors (Lipinski definition) is 3. The third kappa shape index (κ3) is 1.97.